The minimum absolute atomic E-state index is 0.233. The fourth-order valence-corrected chi connectivity index (χ4v) is 2.10. The highest BCUT2D eigenvalue weighted by Crippen LogP contribution is 2.23. The first-order chi connectivity index (χ1) is 11.2. The molecule has 1 aromatic carbocycles. The van der Waals surface area contributed by atoms with E-state index in [1.807, 2.05) is 0 Å². The second-order valence-electron chi connectivity index (χ2n) is 5.63. The highest BCUT2D eigenvalue weighted by Gasteiger charge is 2.38. The summed E-state index contributed by atoms with van der Waals surface area (Å²) < 4.78 is 14.9. The summed E-state index contributed by atoms with van der Waals surface area (Å²) in [6, 6.07) is 4.90. The predicted octanol–water partition coefficient (Wildman–Crippen LogP) is 2.30. The molecule has 1 fully saturated rings. The number of esters is 3. The van der Waals surface area contributed by atoms with Gasteiger partial charge in [0.25, 0.3) is 5.79 Å². The quantitative estimate of drug-likeness (QED) is 0.513. The van der Waals surface area contributed by atoms with E-state index in [0.717, 1.165) is 5.56 Å². The Morgan fingerprint density at radius 2 is 1.88 bits per heavy atom. The van der Waals surface area contributed by atoms with Gasteiger partial charge in [-0.15, -0.1) is 0 Å². The first-order valence-corrected chi connectivity index (χ1v) is 7.44. The molecule has 0 radical (unpaired) electrons. The summed E-state index contributed by atoms with van der Waals surface area (Å²) in [5.74, 6) is -3.20. The number of cyclic esters (lactones) is 2. The third kappa shape index (κ3) is 3.92. The number of rotatable bonds is 4. The summed E-state index contributed by atoms with van der Waals surface area (Å²) in [4.78, 5) is 35.4. The molecular weight excluding hydrogens is 314 g/mol. The van der Waals surface area contributed by atoms with Crippen LogP contribution in [0.1, 0.15) is 36.7 Å². The lowest BCUT2D eigenvalue weighted by Gasteiger charge is -2.29. The lowest BCUT2D eigenvalue weighted by molar-refractivity contribution is -0.222. The number of anilines is 1. The Morgan fingerprint density at radius 1 is 1.25 bits per heavy atom. The Morgan fingerprint density at radius 3 is 2.42 bits per heavy atom. The summed E-state index contributed by atoms with van der Waals surface area (Å²) >= 11 is 0. The van der Waals surface area contributed by atoms with E-state index < -0.39 is 23.7 Å². The van der Waals surface area contributed by atoms with Crippen LogP contribution >= 0.6 is 0 Å². The molecular formula is C17H19NO6. The summed E-state index contributed by atoms with van der Waals surface area (Å²) in [6.45, 7) is 6.77. The third-order valence-corrected chi connectivity index (χ3v) is 3.23. The summed E-state index contributed by atoms with van der Waals surface area (Å²) in [5, 5.41) is 2.85. The topological polar surface area (TPSA) is 90.9 Å². The lowest BCUT2D eigenvalue weighted by Crippen LogP contribution is -2.42. The van der Waals surface area contributed by atoms with Crippen molar-refractivity contribution in [2.24, 2.45) is 0 Å². The van der Waals surface area contributed by atoms with Gasteiger partial charge in [-0.3, -0.25) is 0 Å². The van der Waals surface area contributed by atoms with Gasteiger partial charge in [-0.05, 0) is 37.6 Å². The molecule has 0 aromatic heterocycles. The molecule has 1 aliphatic rings. The standard InChI is InChI=1S/C17H19NO6/c1-5-22-14(19)11-6-7-13(10(2)8-11)18-9-12-15(20)23-17(3,4)24-16(12)21/h6-9,18H,5H2,1-4H3. The molecule has 0 saturated carbocycles. The molecule has 128 valence electrons. The molecule has 0 bridgehead atoms. The molecule has 7 heteroatoms. The van der Waals surface area contributed by atoms with Gasteiger partial charge in [0.15, 0.2) is 5.57 Å². The fraction of sp³-hybridized carbons (Fsp3) is 0.353. The van der Waals surface area contributed by atoms with E-state index in [0.29, 0.717) is 17.9 Å². The lowest BCUT2D eigenvalue weighted by atomic mass is 10.1. The highest BCUT2D eigenvalue weighted by atomic mass is 16.7. The monoisotopic (exact) mass is 333 g/mol. The maximum atomic E-state index is 11.8. The Balaban J connectivity index is 2.16. The van der Waals surface area contributed by atoms with E-state index >= 15 is 0 Å². The van der Waals surface area contributed by atoms with Gasteiger partial charge in [-0.25, -0.2) is 14.4 Å². The van der Waals surface area contributed by atoms with Crippen molar-refractivity contribution in [2.45, 2.75) is 33.5 Å². The van der Waals surface area contributed by atoms with Crippen LogP contribution in [0.15, 0.2) is 30.0 Å². The molecule has 0 amide bonds. The van der Waals surface area contributed by atoms with E-state index in [-0.39, 0.29) is 5.57 Å². The van der Waals surface area contributed by atoms with Crippen LogP contribution in [0, 0.1) is 6.92 Å². The van der Waals surface area contributed by atoms with E-state index in [4.69, 9.17) is 14.2 Å². The number of aryl methyl sites for hydroxylation is 1. The van der Waals surface area contributed by atoms with Crippen molar-refractivity contribution in [1.29, 1.82) is 0 Å². The van der Waals surface area contributed by atoms with Gasteiger partial charge in [0.2, 0.25) is 0 Å². The smallest absolute Gasteiger partial charge is 0.350 e. The number of benzene rings is 1. The summed E-state index contributed by atoms with van der Waals surface area (Å²) in [6.07, 6.45) is 1.23. The maximum absolute atomic E-state index is 11.8. The average Bonchev–Trinajstić information content (AvgIpc) is 2.46. The van der Waals surface area contributed by atoms with Crippen LogP contribution in [0.4, 0.5) is 5.69 Å². The van der Waals surface area contributed by atoms with Gasteiger partial charge in [-0.2, -0.15) is 0 Å². The van der Waals surface area contributed by atoms with Crippen LogP contribution in [0.5, 0.6) is 0 Å². The first-order valence-electron chi connectivity index (χ1n) is 7.44. The predicted molar refractivity (Wildman–Crippen MR) is 85.1 cm³/mol. The second kappa shape index (κ2) is 6.74. The number of ether oxygens (including phenoxy) is 3. The normalized spacial score (nSPS) is 16.1. The Kier molecular flexibility index (Phi) is 4.92. The van der Waals surface area contributed by atoms with Gasteiger partial charge >= 0.3 is 17.9 Å². The SMILES string of the molecule is CCOC(=O)c1ccc(NC=C2C(=O)OC(C)(C)OC2=O)c(C)c1. The van der Waals surface area contributed by atoms with Gasteiger partial charge in [0.05, 0.1) is 12.2 Å². The Labute approximate surface area is 139 Å². The molecule has 1 aromatic rings. The van der Waals surface area contributed by atoms with Crippen LogP contribution in [-0.4, -0.2) is 30.3 Å². The molecule has 1 aliphatic heterocycles. The number of nitrogens with one attached hydrogen (secondary N) is 1. The molecule has 2 rings (SSSR count). The minimum atomic E-state index is -1.28. The largest absolute Gasteiger partial charge is 0.462 e. The first kappa shape index (κ1) is 17.5. The van der Waals surface area contributed by atoms with Crippen LogP contribution < -0.4 is 5.32 Å². The van der Waals surface area contributed by atoms with Gasteiger partial charge in [-0.1, -0.05) is 0 Å². The molecule has 24 heavy (non-hydrogen) atoms. The minimum Gasteiger partial charge on any atom is -0.462 e. The van der Waals surface area contributed by atoms with E-state index in [1.54, 1.807) is 32.0 Å². The van der Waals surface area contributed by atoms with Crippen molar-refractivity contribution >= 4 is 23.6 Å². The molecule has 0 aliphatic carbocycles. The number of hydrogen-bond acceptors (Lipinski definition) is 7. The fourth-order valence-electron chi connectivity index (χ4n) is 2.10. The van der Waals surface area contributed by atoms with Gasteiger partial charge in [0, 0.05) is 25.7 Å². The van der Waals surface area contributed by atoms with Crippen molar-refractivity contribution in [2.75, 3.05) is 11.9 Å². The van der Waals surface area contributed by atoms with Gasteiger partial charge in [0.1, 0.15) is 0 Å². The molecule has 0 atom stereocenters. The summed E-state index contributed by atoms with van der Waals surface area (Å²) in [5.41, 5.74) is 1.56. The Bertz CT molecular complexity index is 698. The number of hydrogen-bond donors (Lipinski definition) is 1. The number of carbonyl (C=O) groups is 3. The van der Waals surface area contributed by atoms with E-state index in [2.05, 4.69) is 5.32 Å². The van der Waals surface area contributed by atoms with Crippen LogP contribution in [-0.2, 0) is 23.8 Å². The van der Waals surface area contributed by atoms with Crippen molar-refractivity contribution in [1.82, 2.24) is 0 Å². The molecule has 0 spiro atoms. The third-order valence-electron chi connectivity index (χ3n) is 3.23. The molecule has 1 heterocycles. The average molecular weight is 333 g/mol. The zero-order valence-electron chi connectivity index (χ0n) is 14.0. The molecule has 0 unspecified atom stereocenters. The van der Waals surface area contributed by atoms with Gasteiger partial charge < -0.3 is 19.5 Å². The zero-order valence-corrected chi connectivity index (χ0v) is 14.0. The van der Waals surface area contributed by atoms with Crippen molar-refractivity contribution in [3.63, 3.8) is 0 Å². The molecule has 7 nitrogen and oxygen atoms in total. The second-order valence-corrected chi connectivity index (χ2v) is 5.63. The molecule has 1 N–H and O–H groups in total. The van der Waals surface area contributed by atoms with Crippen LogP contribution in [0.25, 0.3) is 0 Å². The van der Waals surface area contributed by atoms with Crippen LogP contribution in [0.3, 0.4) is 0 Å². The zero-order chi connectivity index (χ0) is 17.9. The van der Waals surface area contributed by atoms with E-state index in [9.17, 15) is 14.4 Å². The number of carbonyl (C=O) groups excluding carboxylic acids is 3. The van der Waals surface area contributed by atoms with Crippen molar-refractivity contribution < 1.29 is 28.6 Å². The highest BCUT2D eigenvalue weighted by molar-refractivity contribution is 6.15. The van der Waals surface area contributed by atoms with E-state index in [1.165, 1.54) is 20.0 Å². The summed E-state index contributed by atoms with van der Waals surface area (Å²) in [7, 11) is 0. The Hall–Kier alpha value is -2.83. The molecule has 1 saturated heterocycles. The van der Waals surface area contributed by atoms with Crippen molar-refractivity contribution in [3.8, 4) is 0 Å². The van der Waals surface area contributed by atoms with Crippen molar-refractivity contribution in [3.05, 3.63) is 41.1 Å². The van der Waals surface area contributed by atoms with Crippen LogP contribution in [0.2, 0.25) is 0 Å². The maximum Gasteiger partial charge on any atom is 0.350 e.